The number of nitrogens with one attached hydrogen (secondary N) is 1. The highest BCUT2D eigenvalue weighted by Crippen LogP contribution is 2.30. The van der Waals surface area contributed by atoms with E-state index in [0.29, 0.717) is 10.9 Å². The molecular formula is C15H10N4O4. The van der Waals surface area contributed by atoms with Gasteiger partial charge >= 0.3 is 0 Å². The molecule has 2 aliphatic rings. The quantitative estimate of drug-likeness (QED) is 0.744. The molecule has 0 radical (unpaired) electrons. The van der Waals surface area contributed by atoms with Crippen LogP contribution in [-0.4, -0.2) is 44.5 Å². The summed E-state index contributed by atoms with van der Waals surface area (Å²) in [5, 5.41) is 2.80. The number of nitrogens with zero attached hydrogens (tertiary/aromatic N) is 3. The standard InChI is InChI=1S/C15H10N4O4/c20-12-2-1-11(13(21)18-12)19-14(22)8-3-7-5-16-6-17-10(7)4-9(8)15(19)23/h3-6,11H,1-2H2,(H,18,20,21). The zero-order chi connectivity index (χ0) is 16.1. The molecule has 3 heterocycles. The highest BCUT2D eigenvalue weighted by Gasteiger charge is 2.44. The van der Waals surface area contributed by atoms with E-state index in [4.69, 9.17) is 0 Å². The van der Waals surface area contributed by atoms with Gasteiger partial charge in [0.25, 0.3) is 11.8 Å². The maximum Gasteiger partial charge on any atom is 0.262 e. The minimum absolute atomic E-state index is 0.0945. The minimum atomic E-state index is -0.964. The van der Waals surface area contributed by atoms with Crippen LogP contribution in [0, 0.1) is 0 Å². The van der Waals surface area contributed by atoms with Crippen molar-refractivity contribution in [3.05, 3.63) is 35.8 Å². The number of piperidine rings is 1. The van der Waals surface area contributed by atoms with E-state index in [1.54, 1.807) is 12.3 Å². The smallest absolute Gasteiger partial charge is 0.262 e. The molecule has 1 saturated heterocycles. The number of rotatable bonds is 1. The summed E-state index contributed by atoms with van der Waals surface area (Å²) in [6, 6.07) is 2.12. The fourth-order valence-corrected chi connectivity index (χ4v) is 2.95. The average molecular weight is 310 g/mol. The van der Waals surface area contributed by atoms with Crippen molar-refractivity contribution in [2.24, 2.45) is 0 Å². The lowest BCUT2D eigenvalue weighted by atomic mass is 10.0. The lowest BCUT2D eigenvalue weighted by molar-refractivity contribution is -0.136. The Labute approximate surface area is 129 Å². The van der Waals surface area contributed by atoms with E-state index >= 15 is 0 Å². The molecule has 8 heteroatoms. The van der Waals surface area contributed by atoms with Gasteiger partial charge in [0.1, 0.15) is 12.4 Å². The van der Waals surface area contributed by atoms with Gasteiger partial charge in [-0.05, 0) is 18.6 Å². The third-order valence-electron chi connectivity index (χ3n) is 4.06. The monoisotopic (exact) mass is 310 g/mol. The third-order valence-corrected chi connectivity index (χ3v) is 4.06. The molecule has 2 aliphatic heterocycles. The summed E-state index contributed by atoms with van der Waals surface area (Å²) in [6.07, 6.45) is 3.13. The summed E-state index contributed by atoms with van der Waals surface area (Å²) in [5.74, 6) is -2.10. The van der Waals surface area contributed by atoms with Gasteiger partial charge in [0, 0.05) is 18.0 Å². The van der Waals surface area contributed by atoms with Gasteiger partial charge in [0.2, 0.25) is 11.8 Å². The Morgan fingerprint density at radius 1 is 1.09 bits per heavy atom. The second-order valence-corrected chi connectivity index (χ2v) is 5.43. The van der Waals surface area contributed by atoms with Gasteiger partial charge in [-0.15, -0.1) is 0 Å². The molecule has 0 saturated carbocycles. The van der Waals surface area contributed by atoms with E-state index in [1.165, 1.54) is 12.4 Å². The molecule has 8 nitrogen and oxygen atoms in total. The van der Waals surface area contributed by atoms with E-state index in [9.17, 15) is 19.2 Å². The van der Waals surface area contributed by atoms with E-state index < -0.39 is 29.7 Å². The SMILES string of the molecule is O=C1CCC(N2C(=O)c3cc4cncnc4cc3C2=O)C(=O)N1. The van der Waals surface area contributed by atoms with Crippen LogP contribution in [0.3, 0.4) is 0 Å². The lowest BCUT2D eigenvalue weighted by Gasteiger charge is -2.27. The predicted octanol–water partition coefficient (Wildman–Crippen LogP) is 0.0310. The van der Waals surface area contributed by atoms with Gasteiger partial charge in [-0.2, -0.15) is 0 Å². The van der Waals surface area contributed by atoms with Crippen LogP contribution in [0.4, 0.5) is 0 Å². The van der Waals surface area contributed by atoms with E-state index in [0.717, 1.165) is 4.90 Å². The summed E-state index contributed by atoms with van der Waals surface area (Å²) in [6.45, 7) is 0. The number of carbonyl (C=O) groups excluding carboxylic acids is 4. The number of hydrogen-bond acceptors (Lipinski definition) is 6. The minimum Gasteiger partial charge on any atom is -0.295 e. The maximum absolute atomic E-state index is 12.6. The Kier molecular flexibility index (Phi) is 2.74. The Bertz CT molecular complexity index is 853. The number of hydrogen-bond donors (Lipinski definition) is 1. The Balaban J connectivity index is 1.78. The molecule has 1 aromatic carbocycles. The van der Waals surface area contributed by atoms with E-state index in [-0.39, 0.29) is 24.0 Å². The van der Waals surface area contributed by atoms with Crippen LogP contribution in [0.5, 0.6) is 0 Å². The van der Waals surface area contributed by atoms with Crippen LogP contribution < -0.4 is 5.32 Å². The molecule has 23 heavy (non-hydrogen) atoms. The van der Waals surface area contributed by atoms with Crippen molar-refractivity contribution < 1.29 is 19.2 Å². The first-order valence-electron chi connectivity index (χ1n) is 7.01. The average Bonchev–Trinajstić information content (AvgIpc) is 2.77. The molecule has 4 amide bonds. The number of carbonyl (C=O) groups is 4. The lowest BCUT2D eigenvalue weighted by Crippen LogP contribution is -2.54. The number of benzene rings is 1. The summed E-state index contributed by atoms with van der Waals surface area (Å²) in [7, 11) is 0. The first-order chi connectivity index (χ1) is 11.1. The largest absolute Gasteiger partial charge is 0.295 e. The van der Waals surface area contributed by atoms with Crippen molar-refractivity contribution in [3.8, 4) is 0 Å². The molecule has 4 rings (SSSR count). The highest BCUT2D eigenvalue weighted by atomic mass is 16.2. The van der Waals surface area contributed by atoms with Crippen molar-refractivity contribution >= 4 is 34.5 Å². The zero-order valence-corrected chi connectivity index (χ0v) is 11.8. The first kappa shape index (κ1) is 13.5. The second kappa shape index (κ2) is 4.67. The van der Waals surface area contributed by atoms with Crippen LogP contribution in [0.2, 0.25) is 0 Å². The molecule has 0 spiro atoms. The van der Waals surface area contributed by atoms with E-state index in [2.05, 4.69) is 15.3 Å². The Morgan fingerprint density at radius 2 is 1.83 bits per heavy atom. The van der Waals surface area contributed by atoms with Gasteiger partial charge < -0.3 is 0 Å². The molecule has 2 aromatic rings. The number of aromatic nitrogens is 2. The second-order valence-electron chi connectivity index (χ2n) is 5.43. The third kappa shape index (κ3) is 1.91. The van der Waals surface area contributed by atoms with Crippen molar-refractivity contribution in [1.29, 1.82) is 0 Å². The van der Waals surface area contributed by atoms with Crippen LogP contribution in [0.15, 0.2) is 24.7 Å². The van der Waals surface area contributed by atoms with Crippen LogP contribution in [0.1, 0.15) is 33.6 Å². The maximum atomic E-state index is 12.6. The number of fused-ring (bicyclic) bond motifs is 2. The molecule has 0 bridgehead atoms. The van der Waals surface area contributed by atoms with Crippen molar-refractivity contribution in [1.82, 2.24) is 20.2 Å². The normalized spacial score (nSPS) is 20.9. The first-order valence-corrected chi connectivity index (χ1v) is 7.01. The molecular weight excluding hydrogens is 300 g/mol. The summed E-state index contributed by atoms with van der Waals surface area (Å²) >= 11 is 0. The predicted molar refractivity (Wildman–Crippen MR) is 76.2 cm³/mol. The summed E-state index contributed by atoms with van der Waals surface area (Å²) in [5.41, 5.74) is 0.984. The topological polar surface area (TPSA) is 109 Å². The van der Waals surface area contributed by atoms with Gasteiger partial charge in [0.05, 0.1) is 16.6 Å². The zero-order valence-electron chi connectivity index (χ0n) is 11.8. The molecule has 1 N–H and O–H groups in total. The number of imide groups is 2. The Hall–Kier alpha value is -3.16. The van der Waals surface area contributed by atoms with Crippen LogP contribution in [0.25, 0.3) is 10.9 Å². The van der Waals surface area contributed by atoms with Gasteiger partial charge in [-0.25, -0.2) is 9.97 Å². The van der Waals surface area contributed by atoms with E-state index in [1.807, 2.05) is 0 Å². The molecule has 1 unspecified atom stereocenters. The van der Waals surface area contributed by atoms with Crippen molar-refractivity contribution in [3.63, 3.8) is 0 Å². The fraction of sp³-hybridized carbons (Fsp3) is 0.200. The molecule has 1 aromatic heterocycles. The molecule has 1 atom stereocenters. The number of amides is 4. The summed E-state index contributed by atoms with van der Waals surface area (Å²) < 4.78 is 0. The Morgan fingerprint density at radius 3 is 2.57 bits per heavy atom. The fourth-order valence-electron chi connectivity index (χ4n) is 2.95. The summed E-state index contributed by atoms with van der Waals surface area (Å²) in [4.78, 5) is 57.2. The molecule has 0 aliphatic carbocycles. The van der Waals surface area contributed by atoms with Crippen molar-refractivity contribution in [2.75, 3.05) is 0 Å². The van der Waals surface area contributed by atoms with Gasteiger partial charge in [0.15, 0.2) is 0 Å². The highest BCUT2D eigenvalue weighted by molar-refractivity contribution is 6.24. The van der Waals surface area contributed by atoms with Crippen molar-refractivity contribution in [2.45, 2.75) is 18.9 Å². The molecule has 114 valence electrons. The molecule has 1 fully saturated rings. The van der Waals surface area contributed by atoms with Gasteiger partial charge in [-0.1, -0.05) is 0 Å². The van der Waals surface area contributed by atoms with Crippen LogP contribution in [-0.2, 0) is 9.59 Å². The van der Waals surface area contributed by atoms with Gasteiger partial charge in [-0.3, -0.25) is 29.4 Å². The van der Waals surface area contributed by atoms with Crippen LogP contribution >= 0.6 is 0 Å².